The second-order valence-electron chi connectivity index (χ2n) is 10.2. The fraction of sp³-hybridized carbons (Fsp3) is 0.700. The van der Waals surface area contributed by atoms with E-state index in [-0.39, 0.29) is 11.9 Å². The Kier molecular flexibility index (Phi) is 15.9. The van der Waals surface area contributed by atoms with Gasteiger partial charge in [-0.3, -0.25) is 4.79 Å². The molecule has 0 bridgehead atoms. The molecule has 0 saturated heterocycles. The number of unbranched alkanes of at least 4 members (excludes halogenated alkanes) is 11. The fourth-order valence-corrected chi connectivity index (χ4v) is 4.41. The minimum atomic E-state index is -0.418. The Bertz CT molecular complexity index is 660. The molecule has 0 aliphatic rings. The van der Waals surface area contributed by atoms with Crippen LogP contribution in [0.4, 0.5) is 0 Å². The van der Waals surface area contributed by atoms with Crippen molar-refractivity contribution in [3.63, 3.8) is 0 Å². The van der Waals surface area contributed by atoms with Gasteiger partial charge in [0.25, 0.3) is 0 Å². The number of carbonyl (C=O) groups is 1. The normalized spacial score (nSPS) is 12.9. The predicted molar refractivity (Wildman–Crippen MR) is 144 cm³/mol. The number of benzene rings is 1. The van der Waals surface area contributed by atoms with Gasteiger partial charge in [0.1, 0.15) is 0 Å². The van der Waals surface area contributed by atoms with Gasteiger partial charge in [0.15, 0.2) is 0 Å². The first-order valence-corrected chi connectivity index (χ1v) is 13.7. The number of allylic oxidation sites excluding steroid dienone is 2. The van der Waals surface area contributed by atoms with Crippen molar-refractivity contribution in [1.29, 1.82) is 0 Å². The quantitative estimate of drug-likeness (QED) is 0.162. The molecule has 1 aromatic rings. The van der Waals surface area contributed by atoms with Crippen LogP contribution in [0.15, 0.2) is 36.4 Å². The molecule has 33 heavy (non-hydrogen) atoms. The van der Waals surface area contributed by atoms with E-state index in [1.807, 2.05) is 26.0 Å². The van der Waals surface area contributed by atoms with E-state index in [9.17, 15) is 4.79 Å². The molecule has 0 aliphatic heterocycles. The summed E-state index contributed by atoms with van der Waals surface area (Å²) in [7, 11) is 0. The Morgan fingerprint density at radius 1 is 0.879 bits per heavy atom. The maximum atomic E-state index is 12.5. The van der Waals surface area contributed by atoms with Gasteiger partial charge in [0, 0.05) is 12.0 Å². The summed E-state index contributed by atoms with van der Waals surface area (Å²) in [6, 6.07) is 8.25. The summed E-state index contributed by atoms with van der Waals surface area (Å²) >= 11 is 0. The lowest BCUT2D eigenvalue weighted by molar-refractivity contribution is -0.122. The molecule has 1 aromatic carbocycles. The zero-order valence-electron chi connectivity index (χ0n) is 22.1. The maximum absolute atomic E-state index is 12.5. The van der Waals surface area contributed by atoms with E-state index in [1.54, 1.807) is 0 Å². The van der Waals surface area contributed by atoms with Crippen LogP contribution in [-0.2, 0) is 10.3 Å². The molecular weight excluding hydrogens is 404 g/mol. The molecule has 0 radical (unpaired) electrons. The molecule has 0 heterocycles. The van der Waals surface area contributed by atoms with Crippen LogP contribution in [0, 0.1) is 0 Å². The SMILES string of the molecule is CCCCCCCC/C=C\CCCCCCCC(=O)NC(CC)c1ccccc1C(C)(C)N. The lowest BCUT2D eigenvalue weighted by atomic mass is 9.87. The first-order chi connectivity index (χ1) is 15.9. The molecule has 1 atom stereocenters. The molecule has 0 aromatic heterocycles. The van der Waals surface area contributed by atoms with Gasteiger partial charge in [-0.1, -0.05) is 102 Å². The highest BCUT2D eigenvalue weighted by molar-refractivity contribution is 5.76. The first kappa shape index (κ1) is 29.4. The monoisotopic (exact) mass is 456 g/mol. The molecule has 0 fully saturated rings. The van der Waals surface area contributed by atoms with Crippen molar-refractivity contribution >= 4 is 5.91 Å². The van der Waals surface area contributed by atoms with Gasteiger partial charge in [-0.25, -0.2) is 0 Å². The molecule has 3 heteroatoms. The van der Waals surface area contributed by atoms with Gasteiger partial charge >= 0.3 is 0 Å². The summed E-state index contributed by atoms with van der Waals surface area (Å²) in [6.45, 7) is 8.43. The topological polar surface area (TPSA) is 55.1 Å². The number of hydrogen-bond donors (Lipinski definition) is 2. The maximum Gasteiger partial charge on any atom is 0.220 e. The van der Waals surface area contributed by atoms with Crippen molar-refractivity contribution in [3.8, 4) is 0 Å². The number of carbonyl (C=O) groups excluding carboxylic acids is 1. The Labute approximate surface area is 205 Å². The van der Waals surface area contributed by atoms with Gasteiger partial charge in [0.2, 0.25) is 5.91 Å². The van der Waals surface area contributed by atoms with Crippen LogP contribution in [-0.4, -0.2) is 5.91 Å². The Hall–Kier alpha value is -1.61. The van der Waals surface area contributed by atoms with E-state index in [1.165, 1.54) is 70.6 Å². The van der Waals surface area contributed by atoms with E-state index in [2.05, 4.69) is 43.4 Å². The van der Waals surface area contributed by atoms with E-state index in [0.717, 1.165) is 30.4 Å². The molecule has 1 unspecified atom stereocenters. The van der Waals surface area contributed by atoms with Crippen LogP contribution >= 0.6 is 0 Å². The summed E-state index contributed by atoms with van der Waals surface area (Å²) in [6.07, 6.45) is 22.8. The third kappa shape index (κ3) is 13.6. The van der Waals surface area contributed by atoms with Crippen molar-refractivity contribution < 1.29 is 4.79 Å². The third-order valence-corrected chi connectivity index (χ3v) is 6.44. The van der Waals surface area contributed by atoms with Crippen molar-refractivity contribution in [1.82, 2.24) is 5.32 Å². The summed E-state index contributed by atoms with van der Waals surface area (Å²) < 4.78 is 0. The van der Waals surface area contributed by atoms with Gasteiger partial charge in [-0.15, -0.1) is 0 Å². The van der Waals surface area contributed by atoms with E-state index >= 15 is 0 Å². The average Bonchev–Trinajstić information content (AvgIpc) is 2.79. The number of hydrogen-bond acceptors (Lipinski definition) is 2. The highest BCUT2D eigenvalue weighted by atomic mass is 16.1. The number of rotatable bonds is 19. The zero-order chi connectivity index (χ0) is 24.4. The van der Waals surface area contributed by atoms with Crippen LogP contribution in [0.2, 0.25) is 0 Å². The molecule has 0 saturated carbocycles. The minimum absolute atomic E-state index is 0.0275. The van der Waals surface area contributed by atoms with Crippen molar-refractivity contribution in [2.75, 3.05) is 0 Å². The van der Waals surface area contributed by atoms with Crippen LogP contribution in [0.5, 0.6) is 0 Å². The van der Waals surface area contributed by atoms with Crippen molar-refractivity contribution in [2.45, 2.75) is 136 Å². The van der Waals surface area contributed by atoms with Crippen molar-refractivity contribution in [3.05, 3.63) is 47.5 Å². The molecule has 0 aliphatic carbocycles. The van der Waals surface area contributed by atoms with E-state index in [0.29, 0.717) is 6.42 Å². The van der Waals surface area contributed by atoms with Gasteiger partial charge < -0.3 is 11.1 Å². The standard InChI is InChI=1S/C30H52N2O/c1-5-7-8-9-10-11-12-13-14-15-16-17-18-19-20-25-29(33)32-28(6-2)26-23-21-22-24-27(26)30(3,4)31/h13-14,21-24,28H,5-12,15-20,25,31H2,1-4H3,(H,32,33)/b14-13-. The van der Waals surface area contributed by atoms with Crippen LogP contribution in [0.25, 0.3) is 0 Å². The van der Waals surface area contributed by atoms with E-state index in [4.69, 9.17) is 5.73 Å². The van der Waals surface area contributed by atoms with Crippen LogP contribution in [0.3, 0.4) is 0 Å². The predicted octanol–water partition coefficient (Wildman–Crippen LogP) is 8.49. The Morgan fingerprint density at radius 2 is 1.42 bits per heavy atom. The molecule has 1 rings (SSSR count). The number of nitrogens with one attached hydrogen (secondary N) is 1. The molecular formula is C30H52N2O. The Morgan fingerprint density at radius 3 is 2.00 bits per heavy atom. The van der Waals surface area contributed by atoms with Gasteiger partial charge in [0.05, 0.1) is 6.04 Å². The highest BCUT2D eigenvalue weighted by Gasteiger charge is 2.23. The fourth-order valence-electron chi connectivity index (χ4n) is 4.41. The van der Waals surface area contributed by atoms with Gasteiger partial charge in [-0.05, 0) is 63.5 Å². The Balaban J connectivity index is 2.14. The smallest absolute Gasteiger partial charge is 0.220 e. The summed E-state index contributed by atoms with van der Waals surface area (Å²) in [5.41, 5.74) is 8.20. The summed E-state index contributed by atoms with van der Waals surface area (Å²) in [5.74, 6) is 0.157. The average molecular weight is 457 g/mol. The third-order valence-electron chi connectivity index (χ3n) is 6.44. The second kappa shape index (κ2) is 17.8. The molecule has 3 nitrogen and oxygen atoms in total. The summed E-state index contributed by atoms with van der Waals surface area (Å²) in [4.78, 5) is 12.5. The molecule has 1 amide bonds. The van der Waals surface area contributed by atoms with Crippen molar-refractivity contribution in [2.24, 2.45) is 5.73 Å². The van der Waals surface area contributed by atoms with Crippen LogP contribution in [0.1, 0.15) is 141 Å². The highest BCUT2D eigenvalue weighted by Crippen LogP contribution is 2.28. The molecule has 0 spiro atoms. The molecule has 3 N–H and O–H groups in total. The largest absolute Gasteiger partial charge is 0.349 e. The lowest BCUT2D eigenvalue weighted by Crippen LogP contribution is -2.34. The number of amides is 1. The zero-order valence-corrected chi connectivity index (χ0v) is 22.1. The second-order valence-corrected chi connectivity index (χ2v) is 10.2. The van der Waals surface area contributed by atoms with E-state index < -0.39 is 5.54 Å². The lowest BCUT2D eigenvalue weighted by Gasteiger charge is -2.27. The number of nitrogens with two attached hydrogens (primary N) is 1. The van der Waals surface area contributed by atoms with Gasteiger partial charge in [-0.2, -0.15) is 0 Å². The first-order valence-electron chi connectivity index (χ1n) is 13.7. The summed E-state index contributed by atoms with van der Waals surface area (Å²) in [5, 5.41) is 3.24. The molecule has 188 valence electrons. The minimum Gasteiger partial charge on any atom is -0.349 e. The van der Waals surface area contributed by atoms with Crippen LogP contribution < -0.4 is 11.1 Å².